The predicted octanol–water partition coefficient (Wildman–Crippen LogP) is 0.293. The molecule has 0 spiro atoms. The molecule has 0 bridgehead atoms. The molecule has 6 heteroatoms. The van der Waals surface area contributed by atoms with E-state index in [9.17, 15) is 5.11 Å². The van der Waals surface area contributed by atoms with Gasteiger partial charge in [0.2, 0.25) is 0 Å². The minimum absolute atomic E-state index is 0.377. The van der Waals surface area contributed by atoms with Gasteiger partial charge in [-0.25, -0.2) is 9.50 Å². The molecule has 1 atom stereocenters. The summed E-state index contributed by atoms with van der Waals surface area (Å²) in [5.74, 6) is 0.727. The molecule has 0 aliphatic carbocycles. The average Bonchev–Trinajstić information content (AvgIpc) is 2.95. The molecule has 3 heterocycles. The maximum absolute atomic E-state index is 10.1. The molecule has 17 heavy (non-hydrogen) atoms. The van der Waals surface area contributed by atoms with Gasteiger partial charge in [0.25, 0.3) is 0 Å². The number of nitrogens with one attached hydrogen (secondary N) is 1. The summed E-state index contributed by atoms with van der Waals surface area (Å²) in [6.45, 7) is 1.43. The molecule has 2 N–H and O–H groups in total. The van der Waals surface area contributed by atoms with Crippen LogP contribution in [0.3, 0.4) is 0 Å². The van der Waals surface area contributed by atoms with Crippen LogP contribution in [0.2, 0.25) is 0 Å². The number of aromatic nitrogens is 3. The smallest absolute Gasteiger partial charge is 0.152 e. The standard InChI is InChI=1S/C11H14N4O2/c16-11(2-6-17-8-11)7-13-10-9-1-3-14-15(9)5-4-12-10/h1,3-5,16H,2,6-8H2,(H,12,13). The highest BCUT2D eigenvalue weighted by Crippen LogP contribution is 2.20. The van der Waals surface area contributed by atoms with Gasteiger partial charge in [-0.1, -0.05) is 0 Å². The van der Waals surface area contributed by atoms with Crippen LogP contribution in [0, 0.1) is 0 Å². The first kappa shape index (κ1) is 10.5. The van der Waals surface area contributed by atoms with E-state index in [1.807, 2.05) is 6.07 Å². The Labute approximate surface area is 98.2 Å². The van der Waals surface area contributed by atoms with E-state index in [0.717, 1.165) is 11.3 Å². The molecule has 2 aromatic rings. The molecule has 6 nitrogen and oxygen atoms in total. The van der Waals surface area contributed by atoms with E-state index < -0.39 is 5.60 Å². The van der Waals surface area contributed by atoms with Crippen LogP contribution in [0.15, 0.2) is 24.7 Å². The molecule has 0 aromatic carbocycles. The van der Waals surface area contributed by atoms with Crippen molar-refractivity contribution < 1.29 is 9.84 Å². The van der Waals surface area contributed by atoms with E-state index >= 15 is 0 Å². The summed E-state index contributed by atoms with van der Waals surface area (Å²) in [5.41, 5.74) is 0.115. The highest BCUT2D eigenvalue weighted by molar-refractivity contribution is 5.66. The van der Waals surface area contributed by atoms with Gasteiger partial charge >= 0.3 is 0 Å². The molecule has 90 valence electrons. The molecule has 1 fully saturated rings. The van der Waals surface area contributed by atoms with Crippen LogP contribution in [0.5, 0.6) is 0 Å². The number of anilines is 1. The van der Waals surface area contributed by atoms with Crippen LogP contribution in [-0.2, 0) is 4.74 Å². The number of fused-ring (bicyclic) bond motifs is 1. The predicted molar refractivity (Wildman–Crippen MR) is 61.9 cm³/mol. The van der Waals surface area contributed by atoms with Crippen molar-refractivity contribution in [3.63, 3.8) is 0 Å². The van der Waals surface area contributed by atoms with Gasteiger partial charge in [0.15, 0.2) is 5.82 Å². The third-order valence-corrected chi connectivity index (χ3v) is 2.99. The SMILES string of the molecule is OC1(CNc2nccn3nccc23)CCOC1. The number of nitrogens with zero attached hydrogens (tertiary/aromatic N) is 3. The Kier molecular flexibility index (Phi) is 2.45. The third-order valence-electron chi connectivity index (χ3n) is 2.99. The highest BCUT2D eigenvalue weighted by atomic mass is 16.5. The van der Waals surface area contributed by atoms with Gasteiger partial charge in [-0.15, -0.1) is 0 Å². The molecular formula is C11H14N4O2. The summed E-state index contributed by atoms with van der Waals surface area (Å²) >= 11 is 0. The van der Waals surface area contributed by atoms with Crippen LogP contribution in [0.1, 0.15) is 6.42 Å². The maximum atomic E-state index is 10.1. The first-order chi connectivity index (χ1) is 8.27. The molecule has 1 aliphatic heterocycles. The average molecular weight is 234 g/mol. The summed E-state index contributed by atoms with van der Waals surface area (Å²) < 4.78 is 6.93. The zero-order valence-corrected chi connectivity index (χ0v) is 9.33. The van der Waals surface area contributed by atoms with Crippen LogP contribution < -0.4 is 5.32 Å². The van der Waals surface area contributed by atoms with Gasteiger partial charge in [0.1, 0.15) is 11.1 Å². The van der Waals surface area contributed by atoms with Crippen molar-refractivity contribution in [1.82, 2.24) is 14.6 Å². The van der Waals surface area contributed by atoms with E-state index in [1.54, 1.807) is 23.1 Å². The van der Waals surface area contributed by atoms with E-state index in [2.05, 4.69) is 15.4 Å². The van der Waals surface area contributed by atoms with Crippen molar-refractivity contribution >= 4 is 11.3 Å². The van der Waals surface area contributed by atoms with Crippen LogP contribution in [0.4, 0.5) is 5.82 Å². The Morgan fingerprint density at radius 2 is 2.47 bits per heavy atom. The number of hydrogen-bond acceptors (Lipinski definition) is 5. The summed E-state index contributed by atoms with van der Waals surface area (Å²) in [6.07, 6.45) is 5.84. The van der Waals surface area contributed by atoms with Gasteiger partial charge in [0.05, 0.1) is 12.8 Å². The first-order valence-corrected chi connectivity index (χ1v) is 5.59. The van der Waals surface area contributed by atoms with Gasteiger partial charge < -0.3 is 15.2 Å². The lowest BCUT2D eigenvalue weighted by Gasteiger charge is -2.21. The summed E-state index contributed by atoms with van der Waals surface area (Å²) in [6, 6.07) is 1.88. The van der Waals surface area contributed by atoms with Crippen molar-refractivity contribution in [1.29, 1.82) is 0 Å². The molecule has 0 amide bonds. The van der Waals surface area contributed by atoms with Gasteiger partial charge in [-0.3, -0.25) is 0 Å². The fourth-order valence-corrected chi connectivity index (χ4v) is 1.98. The topological polar surface area (TPSA) is 71.7 Å². The minimum atomic E-state index is -0.783. The lowest BCUT2D eigenvalue weighted by Crippen LogP contribution is -2.37. The largest absolute Gasteiger partial charge is 0.386 e. The Morgan fingerprint density at radius 3 is 3.29 bits per heavy atom. The molecule has 1 aliphatic rings. The molecule has 3 rings (SSSR count). The van der Waals surface area contributed by atoms with Crippen molar-refractivity contribution in [2.24, 2.45) is 0 Å². The maximum Gasteiger partial charge on any atom is 0.152 e. The Bertz CT molecular complexity index is 519. The second kappa shape index (κ2) is 3.97. The number of aliphatic hydroxyl groups is 1. The molecule has 1 unspecified atom stereocenters. The van der Waals surface area contributed by atoms with E-state index in [4.69, 9.17) is 4.74 Å². The van der Waals surface area contributed by atoms with Crippen LogP contribution in [0.25, 0.3) is 5.52 Å². The van der Waals surface area contributed by atoms with E-state index in [-0.39, 0.29) is 0 Å². The third kappa shape index (κ3) is 1.96. The Balaban J connectivity index is 1.78. The number of hydrogen-bond donors (Lipinski definition) is 2. The summed E-state index contributed by atoms with van der Waals surface area (Å²) in [4.78, 5) is 4.25. The Hall–Kier alpha value is -1.66. The van der Waals surface area contributed by atoms with Gasteiger partial charge in [0, 0.05) is 32.0 Å². The number of ether oxygens (including phenoxy) is 1. The molecule has 0 saturated carbocycles. The van der Waals surface area contributed by atoms with E-state index in [0.29, 0.717) is 26.2 Å². The monoisotopic (exact) mass is 234 g/mol. The Morgan fingerprint density at radius 1 is 1.53 bits per heavy atom. The zero-order chi connectivity index (χ0) is 11.7. The molecular weight excluding hydrogens is 220 g/mol. The lowest BCUT2D eigenvalue weighted by atomic mass is 10.0. The second-order valence-corrected chi connectivity index (χ2v) is 4.32. The summed E-state index contributed by atoms with van der Waals surface area (Å²) in [7, 11) is 0. The highest BCUT2D eigenvalue weighted by Gasteiger charge is 2.32. The van der Waals surface area contributed by atoms with Crippen molar-refractivity contribution in [2.75, 3.05) is 25.1 Å². The zero-order valence-electron chi connectivity index (χ0n) is 9.33. The van der Waals surface area contributed by atoms with E-state index in [1.165, 1.54) is 0 Å². The minimum Gasteiger partial charge on any atom is -0.386 e. The fraction of sp³-hybridized carbons (Fsp3) is 0.455. The van der Waals surface area contributed by atoms with Gasteiger partial charge in [-0.05, 0) is 6.07 Å². The lowest BCUT2D eigenvalue weighted by molar-refractivity contribution is 0.0381. The molecule has 2 aromatic heterocycles. The summed E-state index contributed by atoms with van der Waals surface area (Å²) in [5, 5.41) is 17.4. The van der Waals surface area contributed by atoms with Crippen molar-refractivity contribution in [2.45, 2.75) is 12.0 Å². The van der Waals surface area contributed by atoms with Crippen LogP contribution in [-0.4, -0.2) is 45.1 Å². The van der Waals surface area contributed by atoms with Crippen LogP contribution >= 0.6 is 0 Å². The number of rotatable bonds is 3. The molecule has 1 saturated heterocycles. The van der Waals surface area contributed by atoms with Crippen molar-refractivity contribution in [3.05, 3.63) is 24.7 Å². The van der Waals surface area contributed by atoms with Gasteiger partial charge in [-0.2, -0.15) is 5.10 Å². The normalized spacial score (nSPS) is 24.3. The van der Waals surface area contributed by atoms with Crippen molar-refractivity contribution in [3.8, 4) is 0 Å². The quantitative estimate of drug-likeness (QED) is 0.798. The fourth-order valence-electron chi connectivity index (χ4n) is 1.98. The second-order valence-electron chi connectivity index (χ2n) is 4.32. The first-order valence-electron chi connectivity index (χ1n) is 5.59. The molecule has 0 radical (unpaired) electrons.